The van der Waals surface area contributed by atoms with Gasteiger partial charge in [-0.25, -0.2) is 8.42 Å². The van der Waals surface area contributed by atoms with Crippen molar-refractivity contribution in [3.05, 3.63) is 46.2 Å². The first-order valence-corrected chi connectivity index (χ1v) is 10.9. The average Bonchev–Trinajstić information content (AvgIpc) is 3.24. The van der Waals surface area contributed by atoms with Gasteiger partial charge in [0, 0.05) is 25.4 Å². The van der Waals surface area contributed by atoms with Crippen LogP contribution in [0.5, 0.6) is 0 Å². The van der Waals surface area contributed by atoms with Crippen LogP contribution in [0.4, 0.5) is 5.69 Å². The molecule has 0 radical (unpaired) electrons. The summed E-state index contributed by atoms with van der Waals surface area (Å²) in [6, 6.07) is 4.46. The number of ether oxygens (including phenoxy) is 1. The number of aromatic nitrogens is 1. The molecule has 0 fully saturated rings. The van der Waals surface area contributed by atoms with Gasteiger partial charge in [-0.15, -0.1) is 0 Å². The average molecular weight is 436 g/mol. The summed E-state index contributed by atoms with van der Waals surface area (Å²) in [7, 11) is -2.09. The number of sulfone groups is 1. The SMILES string of the molecule is CN1CCOCCS(=O)(=O)c2cc3c(cc2Cl)NC(=O)/C3=C\c2[nH]ccc2C1=O. The summed E-state index contributed by atoms with van der Waals surface area (Å²) >= 11 is 6.20. The zero-order chi connectivity index (χ0) is 20.8. The fourth-order valence-electron chi connectivity index (χ4n) is 3.30. The lowest BCUT2D eigenvalue weighted by Gasteiger charge is -2.17. The van der Waals surface area contributed by atoms with Crippen molar-refractivity contribution in [1.82, 2.24) is 9.88 Å². The maximum atomic E-state index is 12.8. The van der Waals surface area contributed by atoms with Gasteiger partial charge in [0.05, 0.1) is 51.4 Å². The van der Waals surface area contributed by atoms with Crippen LogP contribution in [0, 0.1) is 0 Å². The Morgan fingerprint density at radius 2 is 1.97 bits per heavy atom. The summed E-state index contributed by atoms with van der Waals surface area (Å²) in [4.78, 5) is 29.7. The molecule has 2 amide bonds. The van der Waals surface area contributed by atoms with Gasteiger partial charge in [-0.05, 0) is 24.3 Å². The van der Waals surface area contributed by atoms with Crippen LogP contribution < -0.4 is 5.32 Å². The van der Waals surface area contributed by atoms with Crippen LogP contribution in [-0.4, -0.2) is 62.7 Å². The van der Waals surface area contributed by atoms with Crippen molar-refractivity contribution in [1.29, 1.82) is 0 Å². The van der Waals surface area contributed by atoms with Gasteiger partial charge in [0.1, 0.15) is 0 Å². The summed E-state index contributed by atoms with van der Waals surface area (Å²) in [6.45, 7) is 0.450. The van der Waals surface area contributed by atoms with E-state index in [-0.39, 0.29) is 40.4 Å². The molecule has 8 nitrogen and oxygen atoms in total. The molecule has 2 N–H and O–H groups in total. The minimum Gasteiger partial charge on any atom is -0.379 e. The number of benzene rings is 1. The normalized spacial score (nSPS) is 20.9. The lowest BCUT2D eigenvalue weighted by molar-refractivity contribution is -0.110. The van der Waals surface area contributed by atoms with Crippen LogP contribution >= 0.6 is 11.6 Å². The van der Waals surface area contributed by atoms with Gasteiger partial charge in [-0.1, -0.05) is 11.6 Å². The van der Waals surface area contributed by atoms with Crippen molar-refractivity contribution in [2.75, 3.05) is 37.9 Å². The Labute approximate surface area is 172 Å². The van der Waals surface area contributed by atoms with Gasteiger partial charge in [0.2, 0.25) is 0 Å². The van der Waals surface area contributed by atoms with E-state index in [1.807, 2.05) is 0 Å². The Balaban J connectivity index is 1.91. The van der Waals surface area contributed by atoms with Gasteiger partial charge >= 0.3 is 0 Å². The van der Waals surface area contributed by atoms with Gasteiger partial charge in [0.25, 0.3) is 11.8 Å². The molecule has 2 bridgehead atoms. The summed E-state index contributed by atoms with van der Waals surface area (Å²) in [5.41, 5.74) is 1.93. The molecule has 29 heavy (non-hydrogen) atoms. The number of aromatic amines is 1. The van der Waals surface area contributed by atoms with E-state index in [4.69, 9.17) is 16.3 Å². The van der Waals surface area contributed by atoms with E-state index in [0.717, 1.165) is 0 Å². The van der Waals surface area contributed by atoms with E-state index in [2.05, 4.69) is 10.3 Å². The molecule has 152 valence electrons. The Hall–Kier alpha value is -2.62. The first-order valence-electron chi connectivity index (χ1n) is 8.88. The first-order chi connectivity index (χ1) is 13.8. The maximum absolute atomic E-state index is 12.8. The number of nitrogens with one attached hydrogen (secondary N) is 2. The molecule has 0 atom stereocenters. The van der Waals surface area contributed by atoms with E-state index in [1.54, 1.807) is 25.4 Å². The second kappa shape index (κ2) is 7.33. The van der Waals surface area contributed by atoms with Crippen LogP contribution in [0.25, 0.3) is 11.6 Å². The molecule has 0 aliphatic carbocycles. The van der Waals surface area contributed by atoms with Crippen molar-refractivity contribution in [3.8, 4) is 0 Å². The second-order valence-corrected chi connectivity index (χ2v) is 9.29. The van der Waals surface area contributed by atoms with Gasteiger partial charge in [0.15, 0.2) is 9.84 Å². The molecule has 2 aliphatic rings. The minimum absolute atomic E-state index is 0.0325. The number of carbonyl (C=O) groups excluding carboxylic acids is 2. The van der Waals surface area contributed by atoms with E-state index in [0.29, 0.717) is 29.1 Å². The van der Waals surface area contributed by atoms with E-state index < -0.39 is 15.7 Å². The van der Waals surface area contributed by atoms with E-state index in [1.165, 1.54) is 17.0 Å². The number of fused-ring (bicyclic) bond motifs is 2. The molecule has 0 unspecified atom stereocenters. The molecule has 3 heterocycles. The van der Waals surface area contributed by atoms with Crippen molar-refractivity contribution in [2.45, 2.75) is 4.90 Å². The molecule has 2 aromatic rings. The lowest BCUT2D eigenvalue weighted by Crippen LogP contribution is -2.30. The number of amides is 2. The molecule has 0 saturated carbocycles. The molecule has 2 aliphatic heterocycles. The quantitative estimate of drug-likeness (QED) is 0.658. The third-order valence-electron chi connectivity index (χ3n) is 4.90. The smallest absolute Gasteiger partial charge is 0.256 e. The highest BCUT2D eigenvalue weighted by atomic mass is 35.5. The fraction of sp³-hybridized carbons (Fsp3) is 0.263. The maximum Gasteiger partial charge on any atom is 0.256 e. The number of nitrogens with zero attached hydrogens (tertiary/aromatic N) is 1. The summed E-state index contributed by atoms with van der Waals surface area (Å²) < 4.78 is 30.9. The van der Waals surface area contributed by atoms with Crippen LogP contribution in [0.3, 0.4) is 0 Å². The van der Waals surface area contributed by atoms with Crippen molar-refractivity contribution >= 4 is 50.6 Å². The second-order valence-electron chi connectivity index (χ2n) is 6.80. The van der Waals surface area contributed by atoms with Crippen LogP contribution in [0.15, 0.2) is 29.3 Å². The number of H-pyrrole nitrogens is 1. The topological polar surface area (TPSA) is 109 Å². The lowest BCUT2D eigenvalue weighted by atomic mass is 10.0. The Morgan fingerprint density at radius 1 is 1.17 bits per heavy atom. The molecule has 0 spiro atoms. The summed E-state index contributed by atoms with van der Waals surface area (Å²) in [5.74, 6) is -0.901. The Kier molecular flexibility index (Phi) is 4.97. The monoisotopic (exact) mass is 435 g/mol. The minimum atomic E-state index is -3.73. The van der Waals surface area contributed by atoms with E-state index >= 15 is 0 Å². The number of halogens is 1. The molecular formula is C19H18ClN3O5S. The highest BCUT2D eigenvalue weighted by Gasteiger charge is 2.30. The Bertz CT molecular complexity index is 1150. The van der Waals surface area contributed by atoms with Crippen LogP contribution in [-0.2, 0) is 19.4 Å². The molecule has 1 aromatic carbocycles. The predicted molar refractivity (Wildman–Crippen MR) is 109 cm³/mol. The molecule has 4 rings (SSSR count). The molecular weight excluding hydrogens is 418 g/mol. The number of rotatable bonds is 0. The highest BCUT2D eigenvalue weighted by molar-refractivity contribution is 7.91. The third-order valence-corrected chi connectivity index (χ3v) is 7.04. The first kappa shape index (κ1) is 19.7. The van der Waals surface area contributed by atoms with Crippen molar-refractivity contribution in [3.63, 3.8) is 0 Å². The molecule has 1 aromatic heterocycles. The number of hydrogen-bond donors (Lipinski definition) is 2. The zero-order valence-electron chi connectivity index (χ0n) is 15.5. The molecule has 10 heteroatoms. The largest absolute Gasteiger partial charge is 0.379 e. The molecule has 0 saturated heterocycles. The number of hydrogen-bond acceptors (Lipinski definition) is 5. The third kappa shape index (κ3) is 3.57. The summed E-state index contributed by atoms with van der Waals surface area (Å²) in [6.07, 6.45) is 3.15. The Morgan fingerprint density at radius 3 is 2.76 bits per heavy atom. The number of anilines is 1. The highest BCUT2D eigenvalue weighted by Crippen LogP contribution is 2.38. The van der Waals surface area contributed by atoms with Crippen molar-refractivity contribution in [2.24, 2.45) is 0 Å². The number of likely N-dealkylation sites (N-methyl/N-ethyl adjacent to an activating group) is 1. The van der Waals surface area contributed by atoms with Gasteiger partial charge in [-0.2, -0.15) is 0 Å². The van der Waals surface area contributed by atoms with Gasteiger partial charge in [-0.3, -0.25) is 9.59 Å². The van der Waals surface area contributed by atoms with Crippen LogP contribution in [0.1, 0.15) is 21.6 Å². The zero-order valence-corrected chi connectivity index (χ0v) is 17.1. The predicted octanol–water partition coefficient (Wildman–Crippen LogP) is 2.04. The van der Waals surface area contributed by atoms with Gasteiger partial charge < -0.3 is 19.9 Å². The standard InChI is InChI=1S/C19H18ClN3O5S/c1-23-4-5-28-6-7-29(26,27)17-9-12-13(18(24)22-16(12)10-14(17)20)8-15-11(19(23)25)2-3-21-15/h2-3,8-10,21H,4-7H2,1H3,(H,22,24)/b13-8-. The van der Waals surface area contributed by atoms with E-state index in [9.17, 15) is 18.0 Å². The number of carbonyl (C=O) groups is 2. The summed E-state index contributed by atoms with van der Waals surface area (Å²) in [5, 5.41) is 2.72. The fourth-order valence-corrected chi connectivity index (χ4v) is 5.02. The van der Waals surface area contributed by atoms with Crippen LogP contribution in [0.2, 0.25) is 5.02 Å². The van der Waals surface area contributed by atoms with Crippen molar-refractivity contribution < 1.29 is 22.7 Å².